The molecule has 1 aromatic rings. The molecule has 1 atom stereocenters. The Balaban J connectivity index is 1.86. The molecule has 1 N–H and O–H groups in total. The molecule has 1 aliphatic heterocycles. The number of piperidine rings is 1. The number of likely N-dealkylation sites (tertiary alicyclic amines) is 1. The van der Waals surface area contributed by atoms with Gasteiger partial charge in [0.15, 0.2) is 0 Å². The molecule has 1 aromatic heterocycles. The Hall–Kier alpha value is -1.62. The quantitative estimate of drug-likeness (QED) is 0.922. The first-order valence-electron chi connectivity index (χ1n) is 8.53. The number of aromatic nitrogens is 1. The van der Waals surface area contributed by atoms with Crippen molar-refractivity contribution in [2.45, 2.75) is 64.6 Å². The normalized spacial score (nSPS) is 18.4. The maximum atomic E-state index is 12.0. The Morgan fingerprint density at radius 3 is 2.61 bits per heavy atom. The number of carbonyl (C=O) groups is 1. The van der Waals surface area contributed by atoms with Crippen LogP contribution in [0.4, 0.5) is 4.79 Å². The van der Waals surface area contributed by atoms with E-state index in [1.54, 1.807) is 0 Å². The molecule has 23 heavy (non-hydrogen) atoms. The summed E-state index contributed by atoms with van der Waals surface area (Å²) in [5, 5.41) is 3.00. The minimum absolute atomic E-state index is 0.0366. The molecule has 0 saturated carbocycles. The lowest BCUT2D eigenvalue weighted by atomic mass is 9.92. The van der Waals surface area contributed by atoms with Crippen LogP contribution in [0.1, 0.15) is 58.6 Å². The number of carbonyl (C=O) groups excluding carboxylic acids is 1. The molecule has 1 amide bonds. The first kappa shape index (κ1) is 17.7. The van der Waals surface area contributed by atoms with Gasteiger partial charge in [0, 0.05) is 30.9 Å². The topological polar surface area (TPSA) is 54.5 Å². The number of nitrogens with one attached hydrogen (secondary N) is 1. The monoisotopic (exact) mass is 319 g/mol. The molecule has 128 valence electrons. The van der Waals surface area contributed by atoms with E-state index in [4.69, 9.17) is 4.74 Å². The van der Waals surface area contributed by atoms with Gasteiger partial charge in [-0.1, -0.05) is 13.0 Å². The summed E-state index contributed by atoms with van der Waals surface area (Å²) in [6.07, 6.45) is 4.58. The van der Waals surface area contributed by atoms with Gasteiger partial charge >= 0.3 is 6.09 Å². The SMILES string of the molecule is CCC(NC(=O)OC(C)(C)C)N1CCC(c2ccccn2)CC1. The zero-order chi connectivity index (χ0) is 16.9. The van der Waals surface area contributed by atoms with Crippen LogP contribution in [-0.2, 0) is 4.74 Å². The predicted octanol–water partition coefficient (Wildman–Crippen LogP) is 3.52. The third-order valence-electron chi connectivity index (χ3n) is 4.15. The summed E-state index contributed by atoms with van der Waals surface area (Å²) in [6, 6.07) is 6.11. The third-order valence-corrected chi connectivity index (χ3v) is 4.15. The van der Waals surface area contributed by atoms with E-state index in [-0.39, 0.29) is 12.3 Å². The van der Waals surface area contributed by atoms with E-state index >= 15 is 0 Å². The number of rotatable bonds is 4. The minimum Gasteiger partial charge on any atom is -0.444 e. The van der Waals surface area contributed by atoms with E-state index in [2.05, 4.69) is 28.2 Å². The highest BCUT2D eigenvalue weighted by Gasteiger charge is 2.27. The van der Waals surface area contributed by atoms with Crippen molar-refractivity contribution in [3.63, 3.8) is 0 Å². The number of amides is 1. The van der Waals surface area contributed by atoms with Crippen molar-refractivity contribution in [3.05, 3.63) is 30.1 Å². The van der Waals surface area contributed by atoms with Crippen molar-refractivity contribution >= 4 is 6.09 Å². The standard InChI is InChI=1S/C18H29N3O2/c1-5-16(20-17(22)23-18(2,3)4)21-12-9-14(10-13-21)15-8-6-7-11-19-15/h6-8,11,14,16H,5,9-10,12-13H2,1-4H3,(H,20,22). The molecule has 0 aliphatic carbocycles. The number of hydrogen-bond donors (Lipinski definition) is 1. The first-order chi connectivity index (χ1) is 10.9. The van der Waals surface area contributed by atoms with Gasteiger partial charge in [0.1, 0.15) is 5.60 Å². The maximum Gasteiger partial charge on any atom is 0.408 e. The molecular formula is C18H29N3O2. The highest BCUT2D eigenvalue weighted by atomic mass is 16.6. The van der Waals surface area contributed by atoms with Crippen LogP contribution in [0.15, 0.2) is 24.4 Å². The van der Waals surface area contributed by atoms with Crippen molar-refractivity contribution in [2.75, 3.05) is 13.1 Å². The molecular weight excluding hydrogens is 290 g/mol. The predicted molar refractivity (Wildman–Crippen MR) is 91.2 cm³/mol. The Morgan fingerprint density at radius 2 is 2.09 bits per heavy atom. The second kappa shape index (κ2) is 7.77. The fourth-order valence-corrected chi connectivity index (χ4v) is 3.02. The molecule has 2 rings (SSSR count). The summed E-state index contributed by atoms with van der Waals surface area (Å²) in [6.45, 7) is 9.67. The fourth-order valence-electron chi connectivity index (χ4n) is 3.02. The lowest BCUT2D eigenvalue weighted by Crippen LogP contribution is -2.51. The van der Waals surface area contributed by atoms with Crippen LogP contribution in [0, 0.1) is 0 Å². The van der Waals surface area contributed by atoms with E-state index in [0.29, 0.717) is 5.92 Å². The summed E-state index contributed by atoms with van der Waals surface area (Å²) >= 11 is 0. The number of ether oxygens (including phenoxy) is 1. The smallest absolute Gasteiger partial charge is 0.408 e. The first-order valence-corrected chi connectivity index (χ1v) is 8.53. The van der Waals surface area contributed by atoms with E-state index in [9.17, 15) is 4.79 Å². The number of nitrogens with zero attached hydrogens (tertiary/aromatic N) is 2. The Bertz CT molecular complexity index is 491. The Labute approximate surface area is 139 Å². The van der Waals surface area contributed by atoms with Gasteiger partial charge in [-0.25, -0.2) is 4.79 Å². The van der Waals surface area contributed by atoms with Crippen molar-refractivity contribution in [2.24, 2.45) is 0 Å². The second-order valence-electron chi connectivity index (χ2n) is 7.14. The molecule has 0 bridgehead atoms. The zero-order valence-electron chi connectivity index (χ0n) is 14.7. The molecule has 0 aromatic carbocycles. The van der Waals surface area contributed by atoms with Crippen LogP contribution in [0.3, 0.4) is 0 Å². The summed E-state index contributed by atoms with van der Waals surface area (Å²) in [5.74, 6) is 0.520. The van der Waals surface area contributed by atoms with Crippen LogP contribution >= 0.6 is 0 Å². The lowest BCUT2D eigenvalue weighted by Gasteiger charge is -2.37. The summed E-state index contributed by atoms with van der Waals surface area (Å²) < 4.78 is 5.36. The van der Waals surface area contributed by atoms with Gasteiger partial charge < -0.3 is 10.1 Å². The van der Waals surface area contributed by atoms with Crippen LogP contribution in [0.5, 0.6) is 0 Å². The van der Waals surface area contributed by atoms with Gasteiger partial charge in [-0.3, -0.25) is 9.88 Å². The third kappa shape index (κ3) is 5.50. The zero-order valence-corrected chi connectivity index (χ0v) is 14.7. The van der Waals surface area contributed by atoms with E-state index in [0.717, 1.165) is 32.4 Å². The maximum absolute atomic E-state index is 12.0. The van der Waals surface area contributed by atoms with Gasteiger partial charge in [0.05, 0.1) is 6.17 Å². The van der Waals surface area contributed by atoms with Crippen molar-refractivity contribution in [3.8, 4) is 0 Å². The van der Waals surface area contributed by atoms with Gasteiger partial charge in [-0.2, -0.15) is 0 Å². The molecule has 1 saturated heterocycles. The Kier molecular flexibility index (Phi) is 5.99. The average Bonchev–Trinajstić information content (AvgIpc) is 2.52. The van der Waals surface area contributed by atoms with Gasteiger partial charge in [-0.15, -0.1) is 0 Å². The largest absolute Gasteiger partial charge is 0.444 e. The molecule has 1 fully saturated rings. The van der Waals surface area contributed by atoms with Crippen LogP contribution in [0.25, 0.3) is 0 Å². The molecule has 1 aliphatic rings. The summed E-state index contributed by atoms with van der Waals surface area (Å²) in [5.41, 5.74) is 0.717. The van der Waals surface area contributed by atoms with E-state index < -0.39 is 5.60 Å². The fraction of sp³-hybridized carbons (Fsp3) is 0.667. The summed E-state index contributed by atoms with van der Waals surface area (Å²) in [4.78, 5) is 18.8. The van der Waals surface area contributed by atoms with E-state index in [1.165, 1.54) is 5.69 Å². The lowest BCUT2D eigenvalue weighted by molar-refractivity contribution is 0.0382. The van der Waals surface area contributed by atoms with Gasteiger partial charge in [0.25, 0.3) is 0 Å². The highest BCUT2D eigenvalue weighted by molar-refractivity contribution is 5.68. The van der Waals surface area contributed by atoms with Crippen molar-refractivity contribution in [1.82, 2.24) is 15.2 Å². The number of alkyl carbamates (subject to hydrolysis) is 1. The van der Waals surface area contributed by atoms with Crippen LogP contribution in [0.2, 0.25) is 0 Å². The number of pyridine rings is 1. The average molecular weight is 319 g/mol. The van der Waals surface area contributed by atoms with Crippen molar-refractivity contribution < 1.29 is 9.53 Å². The van der Waals surface area contributed by atoms with Crippen molar-refractivity contribution in [1.29, 1.82) is 0 Å². The van der Waals surface area contributed by atoms with Crippen LogP contribution in [-0.4, -0.2) is 40.8 Å². The van der Waals surface area contributed by atoms with Gasteiger partial charge in [0.2, 0.25) is 0 Å². The molecule has 1 unspecified atom stereocenters. The second-order valence-corrected chi connectivity index (χ2v) is 7.14. The summed E-state index contributed by atoms with van der Waals surface area (Å²) in [7, 11) is 0. The molecule has 2 heterocycles. The Morgan fingerprint density at radius 1 is 1.39 bits per heavy atom. The van der Waals surface area contributed by atoms with E-state index in [1.807, 2.05) is 39.1 Å². The minimum atomic E-state index is -0.464. The molecule has 0 spiro atoms. The molecule has 0 radical (unpaired) electrons. The van der Waals surface area contributed by atoms with Gasteiger partial charge in [-0.05, 0) is 52.2 Å². The van der Waals surface area contributed by atoms with Crippen LogP contribution < -0.4 is 5.32 Å². The highest BCUT2D eigenvalue weighted by Crippen LogP contribution is 2.27. The molecule has 5 heteroatoms. The molecule has 5 nitrogen and oxygen atoms in total. The number of hydrogen-bond acceptors (Lipinski definition) is 4.